The van der Waals surface area contributed by atoms with Crippen LogP contribution in [0.15, 0.2) is 29.1 Å². The van der Waals surface area contributed by atoms with Crippen molar-refractivity contribution in [3.63, 3.8) is 0 Å². The molecule has 1 fully saturated rings. The number of unbranched alkanes of at least 4 members (excludes halogenated alkanes) is 3. The van der Waals surface area contributed by atoms with Gasteiger partial charge in [0.05, 0.1) is 16.9 Å². The second-order valence-electron chi connectivity index (χ2n) is 7.86. The fourth-order valence-electron chi connectivity index (χ4n) is 4.13. The molecule has 0 radical (unpaired) electrons. The monoisotopic (exact) mass is 384 g/mol. The lowest BCUT2D eigenvalue weighted by Crippen LogP contribution is -2.39. The van der Waals surface area contributed by atoms with Gasteiger partial charge in [0.1, 0.15) is 5.82 Å². The van der Waals surface area contributed by atoms with Gasteiger partial charge in [-0.15, -0.1) is 0 Å². The number of carbonyl (C=O) groups excluding carboxylic acids is 1. The summed E-state index contributed by atoms with van der Waals surface area (Å²) in [5.41, 5.74) is 6.10. The van der Waals surface area contributed by atoms with Gasteiger partial charge in [0.25, 0.3) is 5.56 Å². The number of nitrogens with zero attached hydrogens (tertiary/aromatic N) is 2. The molecule has 0 bridgehead atoms. The largest absolute Gasteiger partial charge is 0.333 e. The molecule has 1 unspecified atom stereocenters. The molecule has 0 saturated heterocycles. The Morgan fingerprint density at radius 1 is 1.21 bits per heavy atom. The SMILES string of the molecule is CC(c1nc2ccccc2c(=O)[nH]1)N(CCCCCCN)C(=O)C1CCCC1. The van der Waals surface area contributed by atoms with E-state index >= 15 is 0 Å². The molecule has 1 aliphatic rings. The number of rotatable bonds is 9. The van der Waals surface area contributed by atoms with Crippen LogP contribution in [0, 0.1) is 5.92 Å². The zero-order valence-electron chi connectivity index (χ0n) is 16.8. The normalized spacial score (nSPS) is 15.8. The molecule has 3 rings (SSSR count). The summed E-state index contributed by atoms with van der Waals surface area (Å²) in [6.45, 7) is 3.38. The van der Waals surface area contributed by atoms with Crippen LogP contribution in [0.1, 0.15) is 70.2 Å². The van der Waals surface area contributed by atoms with Crippen molar-refractivity contribution in [2.75, 3.05) is 13.1 Å². The first kappa shape index (κ1) is 20.5. The van der Waals surface area contributed by atoms with Gasteiger partial charge >= 0.3 is 0 Å². The summed E-state index contributed by atoms with van der Waals surface area (Å²) >= 11 is 0. The van der Waals surface area contributed by atoms with Crippen molar-refractivity contribution in [3.05, 3.63) is 40.4 Å². The number of fused-ring (bicyclic) bond motifs is 1. The van der Waals surface area contributed by atoms with Crippen LogP contribution in [0.25, 0.3) is 10.9 Å². The predicted molar refractivity (Wildman–Crippen MR) is 112 cm³/mol. The zero-order chi connectivity index (χ0) is 19.9. The van der Waals surface area contributed by atoms with E-state index in [0.717, 1.165) is 51.4 Å². The first-order valence-corrected chi connectivity index (χ1v) is 10.6. The van der Waals surface area contributed by atoms with Crippen LogP contribution in [-0.2, 0) is 4.79 Å². The average Bonchev–Trinajstić information content (AvgIpc) is 3.25. The highest BCUT2D eigenvalue weighted by Crippen LogP contribution is 2.30. The molecular weight excluding hydrogens is 352 g/mol. The number of para-hydroxylation sites is 1. The van der Waals surface area contributed by atoms with E-state index in [-0.39, 0.29) is 23.4 Å². The summed E-state index contributed by atoms with van der Waals surface area (Å²) < 4.78 is 0. The Bertz CT molecular complexity index is 842. The number of nitrogens with one attached hydrogen (secondary N) is 1. The van der Waals surface area contributed by atoms with Gasteiger partial charge < -0.3 is 15.6 Å². The van der Waals surface area contributed by atoms with Crippen LogP contribution < -0.4 is 11.3 Å². The number of hydrogen-bond acceptors (Lipinski definition) is 4. The van der Waals surface area contributed by atoms with Crippen molar-refractivity contribution in [2.45, 2.75) is 64.3 Å². The lowest BCUT2D eigenvalue weighted by Gasteiger charge is -2.31. The van der Waals surface area contributed by atoms with E-state index in [0.29, 0.717) is 29.8 Å². The first-order chi connectivity index (χ1) is 13.6. The molecule has 1 aromatic heterocycles. The van der Waals surface area contributed by atoms with Crippen molar-refractivity contribution in [1.82, 2.24) is 14.9 Å². The molecule has 1 aromatic carbocycles. The van der Waals surface area contributed by atoms with E-state index in [1.54, 1.807) is 6.07 Å². The highest BCUT2D eigenvalue weighted by Gasteiger charge is 2.31. The highest BCUT2D eigenvalue weighted by molar-refractivity contribution is 5.80. The molecule has 2 aromatic rings. The molecule has 3 N–H and O–H groups in total. The number of aromatic amines is 1. The highest BCUT2D eigenvalue weighted by atomic mass is 16.2. The number of benzene rings is 1. The quantitative estimate of drug-likeness (QED) is 0.647. The van der Waals surface area contributed by atoms with Crippen LogP contribution in [0.2, 0.25) is 0 Å². The molecule has 0 aliphatic heterocycles. The first-order valence-electron chi connectivity index (χ1n) is 10.6. The smallest absolute Gasteiger partial charge is 0.258 e. The Kier molecular flexibility index (Phi) is 7.20. The fraction of sp³-hybridized carbons (Fsp3) is 0.591. The van der Waals surface area contributed by atoms with Crippen LogP contribution in [0.4, 0.5) is 0 Å². The number of aromatic nitrogens is 2. The molecule has 6 nitrogen and oxygen atoms in total. The predicted octanol–water partition coefficient (Wildman–Crippen LogP) is 3.52. The minimum atomic E-state index is -0.250. The molecule has 6 heteroatoms. The van der Waals surface area contributed by atoms with Gasteiger partial charge in [-0.05, 0) is 51.3 Å². The number of H-pyrrole nitrogens is 1. The average molecular weight is 385 g/mol. The van der Waals surface area contributed by atoms with Crippen molar-refractivity contribution >= 4 is 16.8 Å². The van der Waals surface area contributed by atoms with Crippen LogP contribution in [0.5, 0.6) is 0 Å². The van der Waals surface area contributed by atoms with Crippen molar-refractivity contribution in [2.24, 2.45) is 11.7 Å². The Labute approximate surface area is 166 Å². The molecule has 1 saturated carbocycles. The van der Waals surface area contributed by atoms with Crippen molar-refractivity contribution < 1.29 is 4.79 Å². The third-order valence-electron chi connectivity index (χ3n) is 5.84. The Morgan fingerprint density at radius 3 is 2.68 bits per heavy atom. The summed E-state index contributed by atoms with van der Waals surface area (Å²) in [6, 6.07) is 7.08. The Balaban J connectivity index is 1.81. The van der Waals surface area contributed by atoms with E-state index < -0.39 is 0 Å². The van der Waals surface area contributed by atoms with Gasteiger partial charge in [-0.25, -0.2) is 4.98 Å². The number of hydrogen-bond donors (Lipinski definition) is 2. The Morgan fingerprint density at radius 2 is 1.93 bits per heavy atom. The summed E-state index contributed by atoms with van der Waals surface area (Å²) in [4.78, 5) is 35.2. The lowest BCUT2D eigenvalue weighted by atomic mass is 10.0. The van der Waals surface area contributed by atoms with E-state index in [1.807, 2.05) is 30.0 Å². The van der Waals surface area contributed by atoms with Gasteiger partial charge in [-0.2, -0.15) is 0 Å². The maximum atomic E-state index is 13.2. The number of nitrogens with two attached hydrogens (primary N) is 1. The van der Waals surface area contributed by atoms with Crippen LogP contribution in [0.3, 0.4) is 0 Å². The molecule has 28 heavy (non-hydrogen) atoms. The zero-order valence-corrected chi connectivity index (χ0v) is 16.8. The van der Waals surface area contributed by atoms with E-state index in [1.165, 1.54) is 0 Å². The van der Waals surface area contributed by atoms with Gasteiger partial charge in [0.15, 0.2) is 0 Å². The van der Waals surface area contributed by atoms with Gasteiger partial charge in [-0.1, -0.05) is 37.8 Å². The molecule has 152 valence electrons. The molecular formula is C22H32N4O2. The third kappa shape index (κ3) is 4.79. The second kappa shape index (κ2) is 9.82. The van der Waals surface area contributed by atoms with Crippen LogP contribution in [-0.4, -0.2) is 33.9 Å². The Hall–Kier alpha value is -2.21. The maximum absolute atomic E-state index is 13.2. The van der Waals surface area contributed by atoms with Crippen molar-refractivity contribution in [3.8, 4) is 0 Å². The molecule has 1 aliphatic carbocycles. The van der Waals surface area contributed by atoms with Gasteiger partial charge in [0.2, 0.25) is 5.91 Å². The molecule has 0 spiro atoms. The molecule has 1 heterocycles. The number of amides is 1. The number of carbonyl (C=O) groups is 1. The minimum Gasteiger partial charge on any atom is -0.333 e. The van der Waals surface area contributed by atoms with Crippen LogP contribution >= 0.6 is 0 Å². The minimum absolute atomic E-state index is 0.110. The summed E-state index contributed by atoms with van der Waals surface area (Å²) in [5, 5.41) is 0.578. The van der Waals surface area contributed by atoms with E-state index in [4.69, 9.17) is 5.73 Å². The van der Waals surface area contributed by atoms with Gasteiger partial charge in [0, 0.05) is 12.5 Å². The summed E-state index contributed by atoms with van der Waals surface area (Å²) in [7, 11) is 0. The van der Waals surface area contributed by atoms with E-state index in [9.17, 15) is 9.59 Å². The topological polar surface area (TPSA) is 92.1 Å². The summed E-state index contributed by atoms with van der Waals surface area (Å²) in [5.74, 6) is 0.885. The maximum Gasteiger partial charge on any atom is 0.258 e. The third-order valence-corrected chi connectivity index (χ3v) is 5.84. The summed E-state index contributed by atoms with van der Waals surface area (Å²) in [6.07, 6.45) is 8.29. The van der Waals surface area contributed by atoms with E-state index in [2.05, 4.69) is 9.97 Å². The lowest BCUT2D eigenvalue weighted by molar-refractivity contribution is -0.137. The fourth-order valence-corrected chi connectivity index (χ4v) is 4.13. The second-order valence-corrected chi connectivity index (χ2v) is 7.86. The molecule has 1 amide bonds. The molecule has 1 atom stereocenters. The van der Waals surface area contributed by atoms with Crippen molar-refractivity contribution in [1.29, 1.82) is 0 Å². The van der Waals surface area contributed by atoms with Gasteiger partial charge in [-0.3, -0.25) is 9.59 Å². The standard InChI is InChI=1S/C22H32N4O2/c1-16(20-24-19-13-7-6-12-18(19)21(27)25-20)26(15-9-3-2-8-14-23)22(28)17-10-4-5-11-17/h6-7,12-13,16-17H,2-5,8-11,14-15,23H2,1H3,(H,24,25,27).